The van der Waals surface area contributed by atoms with Crippen molar-refractivity contribution in [3.05, 3.63) is 47.3 Å². The van der Waals surface area contributed by atoms with Crippen molar-refractivity contribution in [1.29, 1.82) is 0 Å². The molecule has 3 N–H and O–H groups in total. The second-order valence-corrected chi connectivity index (χ2v) is 7.18. The van der Waals surface area contributed by atoms with Crippen molar-refractivity contribution in [3.8, 4) is 0 Å². The fourth-order valence-electron chi connectivity index (χ4n) is 3.44. The zero-order valence-electron chi connectivity index (χ0n) is 15.3. The molecule has 1 saturated heterocycles. The number of carbonyl (C=O) groups excluding carboxylic acids is 1. The largest absolute Gasteiger partial charge is 0.352 e. The van der Waals surface area contributed by atoms with Gasteiger partial charge in [0.15, 0.2) is 0 Å². The van der Waals surface area contributed by atoms with Crippen molar-refractivity contribution >= 4 is 11.7 Å². The van der Waals surface area contributed by atoms with E-state index in [1.807, 2.05) is 25.1 Å². The molecule has 0 aliphatic carbocycles. The number of dihydropyridines is 1. The van der Waals surface area contributed by atoms with Gasteiger partial charge in [-0.3, -0.25) is 9.89 Å². The molecule has 6 nitrogen and oxygen atoms in total. The van der Waals surface area contributed by atoms with Gasteiger partial charge in [-0.1, -0.05) is 12.1 Å². The quantitative estimate of drug-likeness (QED) is 0.855. The van der Waals surface area contributed by atoms with Gasteiger partial charge >= 0.3 is 6.03 Å². The van der Waals surface area contributed by atoms with Crippen LogP contribution in [0.15, 0.2) is 35.3 Å². The summed E-state index contributed by atoms with van der Waals surface area (Å²) >= 11 is 0. The van der Waals surface area contributed by atoms with Gasteiger partial charge in [0, 0.05) is 38.4 Å². The zero-order valence-corrected chi connectivity index (χ0v) is 15.3. The highest BCUT2D eigenvalue weighted by atomic mass is 19.1. The first-order chi connectivity index (χ1) is 12.4. The molecule has 0 saturated carbocycles. The molecule has 0 spiro atoms. The molecule has 1 fully saturated rings. The molecule has 0 bridgehead atoms. The fourth-order valence-corrected chi connectivity index (χ4v) is 3.44. The van der Waals surface area contributed by atoms with Crippen molar-refractivity contribution in [2.45, 2.75) is 19.0 Å². The van der Waals surface area contributed by atoms with E-state index < -0.39 is 11.6 Å². The van der Waals surface area contributed by atoms with Crippen molar-refractivity contribution in [2.24, 2.45) is 10.7 Å². The number of nitrogens with one attached hydrogen (secondary N) is 1. The number of primary amides is 1. The molecule has 1 unspecified atom stereocenters. The predicted molar refractivity (Wildman–Crippen MR) is 101 cm³/mol. The lowest BCUT2D eigenvalue weighted by atomic mass is 9.86. The number of urea groups is 1. The third kappa shape index (κ3) is 4.28. The van der Waals surface area contributed by atoms with Gasteiger partial charge in [-0.15, -0.1) is 0 Å². The Balaban J connectivity index is 1.87. The molecular formula is C19H26FN5O. The van der Waals surface area contributed by atoms with Gasteiger partial charge in [-0.25, -0.2) is 9.18 Å². The molecular weight excluding hydrogens is 333 g/mol. The van der Waals surface area contributed by atoms with Crippen LogP contribution in [0.1, 0.15) is 18.1 Å². The molecule has 26 heavy (non-hydrogen) atoms. The maximum absolute atomic E-state index is 14.4. The number of aliphatic imine (C=N–C) groups is 1. The van der Waals surface area contributed by atoms with Crippen LogP contribution in [0, 0.1) is 5.82 Å². The van der Waals surface area contributed by atoms with Crippen molar-refractivity contribution in [1.82, 2.24) is 15.1 Å². The smallest absolute Gasteiger partial charge is 0.313 e. The first-order valence-corrected chi connectivity index (χ1v) is 8.85. The molecule has 2 heterocycles. The summed E-state index contributed by atoms with van der Waals surface area (Å²) in [5, 5.41) is 2.75. The average Bonchev–Trinajstić information content (AvgIpc) is 2.58. The zero-order chi connectivity index (χ0) is 18.7. The van der Waals surface area contributed by atoms with E-state index in [0.29, 0.717) is 18.7 Å². The third-order valence-electron chi connectivity index (χ3n) is 5.01. The number of hydrogen-bond acceptors (Lipinski definition) is 4. The van der Waals surface area contributed by atoms with Crippen LogP contribution in [-0.4, -0.2) is 61.3 Å². The van der Waals surface area contributed by atoms with E-state index in [4.69, 9.17) is 5.73 Å². The van der Waals surface area contributed by atoms with Crippen LogP contribution in [0.25, 0.3) is 0 Å². The molecule has 0 aromatic heterocycles. The molecule has 2 amide bonds. The summed E-state index contributed by atoms with van der Waals surface area (Å²) in [6, 6.07) is 4.29. The lowest BCUT2D eigenvalue weighted by Crippen LogP contribution is -2.50. The van der Waals surface area contributed by atoms with Gasteiger partial charge in [0.1, 0.15) is 11.4 Å². The average molecular weight is 359 g/mol. The Bertz CT molecular complexity index is 739. The van der Waals surface area contributed by atoms with Crippen LogP contribution >= 0.6 is 0 Å². The molecule has 140 valence electrons. The van der Waals surface area contributed by atoms with E-state index in [0.717, 1.165) is 37.5 Å². The minimum atomic E-state index is -0.912. The normalized spacial score (nSPS) is 24.3. The van der Waals surface area contributed by atoms with E-state index >= 15 is 0 Å². The molecule has 1 atom stereocenters. The Hall–Kier alpha value is -2.25. The molecule has 3 rings (SSSR count). The van der Waals surface area contributed by atoms with Gasteiger partial charge in [0.25, 0.3) is 0 Å². The highest BCUT2D eigenvalue weighted by Crippen LogP contribution is 2.28. The lowest BCUT2D eigenvalue weighted by Gasteiger charge is -2.34. The first-order valence-electron chi connectivity index (χ1n) is 8.85. The van der Waals surface area contributed by atoms with Crippen LogP contribution in [-0.2, 0) is 12.1 Å². The molecule has 1 aromatic carbocycles. The number of rotatable bonds is 4. The minimum absolute atomic E-state index is 0.301. The van der Waals surface area contributed by atoms with Gasteiger partial charge in [-0.2, -0.15) is 0 Å². The highest BCUT2D eigenvalue weighted by molar-refractivity contribution is 5.94. The fraction of sp³-hybridized carbons (Fsp3) is 0.474. The molecule has 2 aliphatic heterocycles. The van der Waals surface area contributed by atoms with Crippen LogP contribution in [0.2, 0.25) is 0 Å². The number of halogens is 1. The minimum Gasteiger partial charge on any atom is -0.352 e. The van der Waals surface area contributed by atoms with Crippen LogP contribution in [0.3, 0.4) is 0 Å². The number of allylic oxidation sites excluding steroid dienone is 1. The van der Waals surface area contributed by atoms with Crippen LogP contribution in [0.5, 0.6) is 0 Å². The summed E-state index contributed by atoms with van der Waals surface area (Å²) in [5.41, 5.74) is 6.87. The second-order valence-electron chi connectivity index (χ2n) is 7.18. The lowest BCUT2D eigenvalue weighted by molar-refractivity contribution is 0.148. The summed E-state index contributed by atoms with van der Waals surface area (Å²) in [7, 11) is 2.11. The van der Waals surface area contributed by atoms with Crippen molar-refractivity contribution in [3.63, 3.8) is 0 Å². The SMILES string of the molecule is CC1=NCC(NC(N)=O)(c2cc(F)cc(CN3CCN(C)CC3)c2)C=C1. The number of amides is 2. The standard InChI is InChI=1S/C19H26FN5O/c1-14-3-4-19(13-22-14,23-18(21)26)16-9-15(10-17(20)11-16)12-25-7-5-24(2)6-8-25/h3-4,9-11H,5-8,12-13H2,1-2H3,(H3,21,23,26). The third-order valence-corrected chi connectivity index (χ3v) is 5.01. The number of piperazine rings is 1. The Kier molecular flexibility index (Phi) is 5.38. The summed E-state index contributed by atoms with van der Waals surface area (Å²) in [6.45, 7) is 6.78. The molecule has 7 heteroatoms. The van der Waals surface area contributed by atoms with E-state index in [2.05, 4.69) is 27.2 Å². The van der Waals surface area contributed by atoms with Gasteiger partial charge < -0.3 is 16.0 Å². The number of nitrogens with two attached hydrogens (primary N) is 1. The van der Waals surface area contributed by atoms with Gasteiger partial charge in [0.2, 0.25) is 0 Å². The van der Waals surface area contributed by atoms with E-state index in [-0.39, 0.29) is 5.82 Å². The Morgan fingerprint density at radius 2 is 2.04 bits per heavy atom. The molecule has 0 radical (unpaired) electrons. The summed E-state index contributed by atoms with van der Waals surface area (Å²) in [5.74, 6) is -0.322. The van der Waals surface area contributed by atoms with Crippen LogP contribution in [0.4, 0.5) is 9.18 Å². The molecule has 2 aliphatic rings. The molecule has 1 aromatic rings. The van der Waals surface area contributed by atoms with Gasteiger partial charge in [-0.05, 0) is 43.3 Å². The first kappa shape index (κ1) is 18.5. The topological polar surface area (TPSA) is 74.0 Å². The monoisotopic (exact) mass is 359 g/mol. The summed E-state index contributed by atoms with van der Waals surface area (Å²) in [4.78, 5) is 20.6. The number of likely N-dealkylation sites (N-methyl/N-ethyl adjacent to an activating group) is 1. The summed E-state index contributed by atoms with van der Waals surface area (Å²) < 4.78 is 14.4. The maximum Gasteiger partial charge on any atom is 0.313 e. The number of benzene rings is 1. The summed E-state index contributed by atoms with van der Waals surface area (Å²) in [6.07, 6.45) is 3.67. The van der Waals surface area contributed by atoms with Crippen LogP contribution < -0.4 is 11.1 Å². The van der Waals surface area contributed by atoms with E-state index in [9.17, 15) is 9.18 Å². The Morgan fingerprint density at radius 1 is 1.31 bits per heavy atom. The maximum atomic E-state index is 14.4. The van der Waals surface area contributed by atoms with Gasteiger partial charge in [0.05, 0.1) is 6.54 Å². The number of carbonyl (C=O) groups is 1. The van der Waals surface area contributed by atoms with E-state index in [1.165, 1.54) is 6.07 Å². The number of nitrogens with zero attached hydrogens (tertiary/aromatic N) is 3. The Labute approximate surface area is 153 Å². The predicted octanol–water partition coefficient (Wildman–Crippen LogP) is 1.47. The van der Waals surface area contributed by atoms with Crippen molar-refractivity contribution in [2.75, 3.05) is 39.8 Å². The van der Waals surface area contributed by atoms with E-state index in [1.54, 1.807) is 6.07 Å². The second kappa shape index (κ2) is 7.55. The van der Waals surface area contributed by atoms with Crippen molar-refractivity contribution < 1.29 is 9.18 Å². The number of hydrogen-bond donors (Lipinski definition) is 2. The Morgan fingerprint density at radius 3 is 2.65 bits per heavy atom. The highest BCUT2D eigenvalue weighted by Gasteiger charge is 2.33.